The minimum Gasteiger partial charge on any atom is -0.370 e. The number of carbonyl (C=O) groups is 5. The highest BCUT2D eigenvalue weighted by Crippen LogP contribution is 2.34. The van der Waals surface area contributed by atoms with Crippen molar-refractivity contribution in [3.05, 3.63) is 29.3 Å². The Morgan fingerprint density at radius 2 is 2.00 bits per heavy atom. The summed E-state index contributed by atoms with van der Waals surface area (Å²) in [6.45, 7) is 0. The number of nitrogens with two attached hydrogens (primary N) is 1. The van der Waals surface area contributed by atoms with Crippen molar-refractivity contribution in [2.75, 3.05) is 5.75 Å². The van der Waals surface area contributed by atoms with Gasteiger partial charge < -0.3 is 5.73 Å². The maximum Gasteiger partial charge on any atom is 0.263 e. The summed E-state index contributed by atoms with van der Waals surface area (Å²) in [7, 11) is 0. The molecular formula is C16H15N3O5S. The molecule has 130 valence electrons. The van der Waals surface area contributed by atoms with E-state index in [1.807, 2.05) is 0 Å². The van der Waals surface area contributed by atoms with Gasteiger partial charge in [-0.15, -0.1) is 11.8 Å². The fourth-order valence-corrected chi connectivity index (χ4v) is 3.91. The Labute approximate surface area is 147 Å². The Morgan fingerprint density at radius 3 is 2.68 bits per heavy atom. The fourth-order valence-electron chi connectivity index (χ4n) is 2.87. The highest BCUT2D eigenvalue weighted by Gasteiger charge is 2.45. The second-order valence-corrected chi connectivity index (χ2v) is 6.83. The number of imide groups is 2. The standard InChI is InChI=1S/C16H15N3O5S/c17-11(20)6-7-25-10-3-1-2-8-13(10)16(24)19(15(8)23)9-4-5-12(21)18-14(9)22/h1-3,9H,4-7H2,(H2,17,20)(H,18,21,22). The van der Waals surface area contributed by atoms with E-state index in [0.717, 1.165) is 4.90 Å². The van der Waals surface area contributed by atoms with Gasteiger partial charge in [0, 0.05) is 23.5 Å². The number of benzene rings is 1. The van der Waals surface area contributed by atoms with Crippen LogP contribution < -0.4 is 11.1 Å². The largest absolute Gasteiger partial charge is 0.370 e. The summed E-state index contributed by atoms with van der Waals surface area (Å²) < 4.78 is 0. The molecule has 0 aromatic heterocycles. The number of fused-ring (bicyclic) bond motifs is 1. The summed E-state index contributed by atoms with van der Waals surface area (Å²) in [6, 6.07) is 3.86. The molecule has 0 spiro atoms. The molecule has 1 unspecified atom stereocenters. The number of carbonyl (C=O) groups excluding carboxylic acids is 5. The maximum absolute atomic E-state index is 12.8. The lowest BCUT2D eigenvalue weighted by Gasteiger charge is -2.27. The predicted octanol–water partition coefficient (Wildman–Crippen LogP) is 0.0553. The highest BCUT2D eigenvalue weighted by molar-refractivity contribution is 7.99. The Hall–Kier alpha value is -2.68. The van der Waals surface area contributed by atoms with Gasteiger partial charge >= 0.3 is 0 Å². The first kappa shape index (κ1) is 17.2. The van der Waals surface area contributed by atoms with Gasteiger partial charge in [0.1, 0.15) is 6.04 Å². The minimum atomic E-state index is -0.992. The number of primary amides is 1. The summed E-state index contributed by atoms with van der Waals surface area (Å²) in [5, 5.41) is 2.15. The lowest BCUT2D eigenvalue weighted by atomic mass is 10.0. The van der Waals surface area contributed by atoms with Crippen LogP contribution in [0.1, 0.15) is 40.0 Å². The smallest absolute Gasteiger partial charge is 0.263 e. The van der Waals surface area contributed by atoms with Crippen molar-refractivity contribution < 1.29 is 24.0 Å². The van der Waals surface area contributed by atoms with Crippen molar-refractivity contribution in [3.63, 3.8) is 0 Å². The van der Waals surface area contributed by atoms with E-state index in [-0.39, 0.29) is 30.4 Å². The third kappa shape index (κ3) is 3.14. The average molecular weight is 361 g/mol. The topological polar surface area (TPSA) is 127 Å². The molecule has 1 aromatic carbocycles. The summed E-state index contributed by atoms with van der Waals surface area (Å²) in [5.74, 6) is -2.24. The Kier molecular flexibility index (Phi) is 4.58. The number of hydrogen-bond donors (Lipinski definition) is 2. The lowest BCUT2D eigenvalue weighted by molar-refractivity contribution is -0.136. The van der Waals surface area contributed by atoms with E-state index < -0.39 is 35.6 Å². The number of hydrogen-bond acceptors (Lipinski definition) is 6. The normalized spacial score (nSPS) is 19.8. The van der Waals surface area contributed by atoms with Crippen LogP contribution in [0.15, 0.2) is 23.1 Å². The molecule has 5 amide bonds. The molecule has 0 aliphatic carbocycles. The molecule has 0 saturated carbocycles. The van der Waals surface area contributed by atoms with Crippen LogP contribution >= 0.6 is 11.8 Å². The third-order valence-electron chi connectivity index (χ3n) is 4.04. The number of amides is 5. The molecule has 8 nitrogen and oxygen atoms in total. The van der Waals surface area contributed by atoms with Crippen LogP contribution in [0.4, 0.5) is 0 Å². The van der Waals surface area contributed by atoms with Crippen LogP contribution in [0, 0.1) is 0 Å². The maximum atomic E-state index is 12.8. The SMILES string of the molecule is NC(=O)CCSc1cccc2c1C(=O)N(C1CCC(=O)NC1=O)C2=O. The van der Waals surface area contributed by atoms with Gasteiger partial charge in [0.15, 0.2) is 0 Å². The van der Waals surface area contributed by atoms with Gasteiger partial charge in [-0.2, -0.15) is 0 Å². The van der Waals surface area contributed by atoms with Gasteiger partial charge in [-0.1, -0.05) is 6.07 Å². The van der Waals surface area contributed by atoms with Crippen molar-refractivity contribution in [2.24, 2.45) is 5.73 Å². The van der Waals surface area contributed by atoms with Crippen LogP contribution in [-0.4, -0.2) is 46.2 Å². The van der Waals surface area contributed by atoms with Gasteiger partial charge in [-0.3, -0.25) is 34.2 Å². The second-order valence-electron chi connectivity index (χ2n) is 5.69. The molecule has 0 radical (unpaired) electrons. The third-order valence-corrected chi connectivity index (χ3v) is 5.10. The molecule has 1 fully saturated rings. The molecule has 1 aromatic rings. The molecule has 2 aliphatic rings. The van der Waals surface area contributed by atoms with E-state index in [0.29, 0.717) is 10.6 Å². The molecule has 25 heavy (non-hydrogen) atoms. The molecule has 0 bridgehead atoms. The van der Waals surface area contributed by atoms with Crippen LogP contribution in [-0.2, 0) is 14.4 Å². The van der Waals surface area contributed by atoms with Gasteiger partial charge in [-0.25, -0.2) is 0 Å². The first-order valence-electron chi connectivity index (χ1n) is 7.66. The van der Waals surface area contributed by atoms with Crippen LogP contribution in [0.5, 0.6) is 0 Å². The number of nitrogens with zero attached hydrogens (tertiary/aromatic N) is 1. The number of piperidine rings is 1. The highest BCUT2D eigenvalue weighted by atomic mass is 32.2. The Morgan fingerprint density at radius 1 is 1.24 bits per heavy atom. The first-order chi connectivity index (χ1) is 11.9. The molecule has 3 rings (SSSR count). The Balaban J connectivity index is 1.87. The van der Waals surface area contributed by atoms with E-state index in [4.69, 9.17) is 5.73 Å². The summed E-state index contributed by atoms with van der Waals surface area (Å²) in [6.07, 6.45) is 0.331. The second kappa shape index (κ2) is 6.67. The monoisotopic (exact) mass is 361 g/mol. The summed E-state index contributed by atoms with van der Waals surface area (Å²) >= 11 is 1.25. The number of nitrogens with one attached hydrogen (secondary N) is 1. The fraction of sp³-hybridized carbons (Fsp3) is 0.312. The van der Waals surface area contributed by atoms with E-state index in [1.165, 1.54) is 17.8 Å². The Bertz CT molecular complexity index is 807. The molecule has 1 saturated heterocycles. The van der Waals surface area contributed by atoms with Gasteiger partial charge in [0.25, 0.3) is 11.8 Å². The van der Waals surface area contributed by atoms with Crippen molar-refractivity contribution in [1.82, 2.24) is 10.2 Å². The quantitative estimate of drug-likeness (QED) is 0.564. The van der Waals surface area contributed by atoms with Crippen LogP contribution in [0.2, 0.25) is 0 Å². The number of thioether (sulfide) groups is 1. The summed E-state index contributed by atoms with van der Waals surface area (Å²) in [4.78, 5) is 61.1. The van der Waals surface area contributed by atoms with E-state index in [9.17, 15) is 24.0 Å². The van der Waals surface area contributed by atoms with E-state index >= 15 is 0 Å². The van der Waals surface area contributed by atoms with Gasteiger partial charge in [0.2, 0.25) is 17.7 Å². The zero-order valence-corrected chi connectivity index (χ0v) is 13.9. The van der Waals surface area contributed by atoms with Crippen molar-refractivity contribution >= 4 is 41.3 Å². The minimum absolute atomic E-state index is 0.0734. The summed E-state index contributed by atoms with van der Waals surface area (Å²) in [5.41, 5.74) is 5.56. The molecule has 2 aliphatic heterocycles. The van der Waals surface area contributed by atoms with E-state index in [1.54, 1.807) is 12.1 Å². The molecule has 9 heteroatoms. The molecular weight excluding hydrogens is 346 g/mol. The zero-order valence-electron chi connectivity index (χ0n) is 13.1. The molecule has 3 N–H and O–H groups in total. The zero-order chi connectivity index (χ0) is 18.1. The number of rotatable bonds is 5. The van der Waals surface area contributed by atoms with Crippen molar-refractivity contribution in [2.45, 2.75) is 30.2 Å². The van der Waals surface area contributed by atoms with Gasteiger partial charge in [0.05, 0.1) is 11.1 Å². The predicted molar refractivity (Wildman–Crippen MR) is 87.6 cm³/mol. The first-order valence-corrected chi connectivity index (χ1v) is 8.64. The van der Waals surface area contributed by atoms with Crippen molar-refractivity contribution in [3.8, 4) is 0 Å². The molecule has 2 heterocycles. The average Bonchev–Trinajstić information content (AvgIpc) is 2.80. The van der Waals surface area contributed by atoms with Gasteiger partial charge in [-0.05, 0) is 18.6 Å². The van der Waals surface area contributed by atoms with Crippen LogP contribution in [0.3, 0.4) is 0 Å². The van der Waals surface area contributed by atoms with E-state index in [2.05, 4.69) is 5.32 Å². The van der Waals surface area contributed by atoms with Crippen LogP contribution in [0.25, 0.3) is 0 Å². The molecule has 1 atom stereocenters. The van der Waals surface area contributed by atoms with Crippen molar-refractivity contribution in [1.29, 1.82) is 0 Å². The lowest BCUT2D eigenvalue weighted by Crippen LogP contribution is -2.54.